The van der Waals surface area contributed by atoms with E-state index in [9.17, 15) is 8.42 Å². The van der Waals surface area contributed by atoms with E-state index in [1.54, 1.807) is 37.5 Å². The second-order valence-electron chi connectivity index (χ2n) is 4.50. The van der Waals surface area contributed by atoms with Gasteiger partial charge in [0.2, 0.25) is 10.0 Å². The van der Waals surface area contributed by atoms with E-state index < -0.39 is 16.1 Å². The molecule has 0 amide bonds. The van der Waals surface area contributed by atoms with Crippen LogP contribution in [0.5, 0.6) is 0 Å². The van der Waals surface area contributed by atoms with E-state index in [4.69, 9.17) is 0 Å². The van der Waals surface area contributed by atoms with Gasteiger partial charge in [0.15, 0.2) is 0 Å². The SMILES string of the molecule is CNCc1cccc(S(=O)(=O)NC(C)c2ncc[nH]2)c1. The Hall–Kier alpha value is -1.70. The Bertz CT molecular complexity index is 653. The molecule has 20 heavy (non-hydrogen) atoms. The monoisotopic (exact) mass is 294 g/mol. The number of nitrogens with zero attached hydrogens (tertiary/aromatic N) is 1. The van der Waals surface area contributed by atoms with E-state index in [1.807, 2.05) is 13.1 Å². The van der Waals surface area contributed by atoms with Gasteiger partial charge in [-0.1, -0.05) is 12.1 Å². The molecule has 7 heteroatoms. The first-order chi connectivity index (χ1) is 9.53. The van der Waals surface area contributed by atoms with Gasteiger partial charge in [0.05, 0.1) is 10.9 Å². The molecule has 0 saturated heterocycles. The molecule has 3 N–H and O–H groups in total. The lowest BCUT2D eigenvalue weighted by molar-refractivity contribution is 0.561. The molecule has 0 aliphatic carbocycles. The first kappa shape index (κ1) is 14.7. The second-order valence-corrected chi connectivity index (χ2v) is 6.21. The Morgan fingerprint density at radius 2 is 2.20 bits per heavy atom. The lowest BCUT2D eigenvalue weighted by Crippen LogP contribution is -2.27. The minimum atomic E-state index is -3.56. The molecule has 0 radical (unpaired) electrons. The van der Waals surface area contributed by atoms with Gasteiger partial charge in [-0.25, -0.2) is 18.1 Å². The molecule has 6 nitrogen and oxygen atoms in total. The Kier molecular flexibility index (Phi) is 4.53. The Balaban J connectivity index is 2.20. The predicted octanol–water partition coefficient (Wildman–Crippen LogP) is 1.17. The molecule has 0 bridgehead atoms. The summed E-state index contributed by atoms with van der Waals surface area (Å²) in [6.45, 7) is 2.37. The Morgan fingerprint density at radius 1 is 1.40 bits per heavy atom. The van der Waals surface area contributed by atoms with Gasteiger partial charge < -0.3 is 10.3 Å². The van der Waals surface area contributed by atoms with Crippen molar-refractivity contribution in [3.05, 3.63) is 48.0 Å². The smallest absolute Gasteiger partial charge is 0.241 e. The largest absolute Gasteiger partial charge is 0.347 e. The fourth-order valence-electron chi connectivity index (χ4n) is 1.90. The van der Waals surface area contributed by atoms with Crippen molar-refractivity contribution < 1.29 is 8.42 Å². The molecule has 1 heterocycles. The number of hydrogen-bond donors (Lipinski definition) is 3. The number of hydrogen-bond acceptors (Lipinski definition) is 4. The highest BCUT2D eigenvalue weighted by molar-refractivity contribution is 7.89. The molecule has 2 rings (SSSR count). The Labute approximate surface area is 118 Å². The summed E-state index contributed by atoms with van der Waals surface area (Å²) in [6.07, 6.45) is 3.25. The van der Waals surface area contributed by atoms with Gasteiger partial charge in [0.25, 0.3) is 0 Å². The van der Waals surface area contributed by atoms with E-state index in [0.717, 1.165) is 5.56 Å². The van der Waals surface area contributed by atoms with Crippen LogP contribution in [-0.4, -0.2) is 25.4 Å². The van der Waals surface area contributed by atoms with Gasteiger partial charge >= 0.3 is 0 Å². The van der Waals surface area contributed by atoms with Crippen LogP contribution in [0.2, 0.25) is 0 Å². The lowest BCUT2D eigenvalue weighted by atomic mass is 10.2. The topological polar surface area (TPSA) is 86.9 Å². The van der Waals surface area contributed by atoms with Gasteiger partial charge in [-0.15, -0.1) is 0 Å². The molecule has 0 saturated carbocycles. The van der Waals surface area contributed by atoms with Crippen LogP contribution in [0.4, 0.5) is 0 Å². The molecule has 0 fully saturated rings. The maximum atomic E-state index is 12.3. The van der Waals surface area contributed by atoms with Crippen molar-refractivity contribution in [1.82, 2.24) is 20.0 Å². The summed E-state index contributed by atoms with van der Waals surface area (Å²) in [7, 11) is -1.75. The molecule has 0 aliphatic heterocycles. The van der Waals surface area contributed by atoms with Crippen molar-refractivity contribution in [3.63, 3.8) is 0 Å². The Morgan fingerprint density at radius 3 is 2.85 bits per heavy atom. The third kappa shape index (κ3) is 3.44. The van der Waals surface area contributed by atoms with Crippen LogP contribution < -0.4 is 10.0 Å². The van der Waals surface area contributed by atoms with Crippen LogP contribution >= 0.6 is 0 Å². The molecule has 1 unspecified atom stereocenters. The van der Waals surface area contributed by atoms with Crippen LogP contribution in [0, 0.1) is 0 Å². The van der Waals surface area contributed by atoms with Crippen LogP contribution in [0.3, 0.4) is 0 Å². The van der Waals surface area contributed by atoms with Gasteiger partial charge in [-0.05, 0) is 31.7 Å². The molecule has 108 valence electrons. The number of aromatic nitrogens is 2. The summed E-state index contributed by atoms with van der Waals surface area (Å²) in [5.74, 6) is 0.583. The number of imidazole rings is 1. The van der Waals surface area contributed by atoms with E-state index in [0.29, 0.717) is 12.4 Å². The number of benzene rings is 1. The number of aromatic amines is 1. The van der Waals surface area contributed by atoms with E-state index in [-0.39, 0.29) is 4.90 Å². The number of nitrogens with one attached hydrogen (secondary N) is 3. The van der Waals surface area contributed by atoms with Crippen LogP contribution in [0.25, 0.3) is 0 Å². The van der Waals surface area contributed by atoms with Crippen LogP contribution in [0.1, 0.15) is 24.4 Å². The third-order valence-electron chi connectivity index (χ3n) is 2.85. The first-order valence-corrected chi connectivity index (χ1v) is 7.76. The molecule has 1 atom stereocenters. The summed E-state index contributed by atoms with van der Waals surface area (Å²) in [6, 6.07) is 6.44. The number of H-pyrrole nitrogens is 1. The van der Waals surface area contributed by atoms with Crippen molar-refractivity contribution in [1.29, 1.82) is 0 Å². The minimum Gasteiger partial charge on any atom is -0.347 e. The zero-order valence-electron chi connectivity index (χ0n) is 11.4. The van der Waals surface area contributed by atoms with Gasteiger partial charge in [-0.2, -0.15) is 0 Å². The standard InChI is InChI=1S/C13H18N4O2S/c1-10(13-15-6-7-16-13)17-20(18,19)12-5-3-4-11(8-12)9-14-2/h3-8,10,14,17H,9H2,1-2H3,(H,15,16). The molecule has 2 aromatic rings. The summed E-state index contributed by atoms with van der Waals surface area (Å²) in [4.78, 5) is 7.20. The van der Waals surface area contributed by atoms with Crippen molar-refractivity contribution in [2.24, 2.45) is 0 Å². The van der Waals surface area contributed by atoms with Gasteiger partial charge in [-0.3, -0.25) is 0 Å². The summed E-state index contributed by atoms with van der Waals surface area (Å²) in [5, 5.41) is 3.00. The first-order valence-electron chi connectivity index (χ1n) is 6.28. The van der Waals surface area contributed by atoms with Crippen LogP contribution in [-0.2, 0) is 16.6 Å². The minimum absolute atomic E-state index is 0.253. The lowest BCUT2D eigenvalue weighted by Gasteiger charge is -2.13. The van der Waals surface area contributed by atoms with Gasteiger partial charge in [0.1, 0.15) is 5.82 Å². The highest BCUT2D eigenvalue weighted by Gasteiger charge is 2.19. The maximum absolute atomic E-state index is 12.3. The van der Waals surface area contributed by atoms with E-state index in [1.165, 1.54) is 0 Å². The summed E-state index contributed by atoms with van der Waals surface area (Å²) >= 11 is 0. The van der Waals surface area contributed by atoms with Gasteiger partial charge in [0, 0.05) is 18.9 Å². The normalized spacial score (nSPS) is 13.3. The fourth-order valence-corrected chi connectivity index (χ4v) is 3.18. The maximum Gasteiger partial charge on any atom is 0.241 e. The third-order valence-corrected chi connectivity index (χ3v) is 4.39. The number of sulfonamides is 1. The molecular weight excluding hydrogens is 276 g/mol. The molecule has 1 aromatic heterocycles. The molecule has 1 aromatic carbocycles. The summed E-state index contributed by atoms with van der Waals surface area (Å²) < 4.78 is 27.2. The van der Waals surface area contributed by atoms with Crippen molar-refractivity contribution >= 4 is 10.0 Å². The predicted molar refractivity (Wildman–Crippen MR) is 76.5 cm³/mol. The zero-order chi connectivity index (χ0) is 14.6. The highest BCUT2D eigenvalue weighted by atomic mass is 32.2. The fraction of sp³-hybridized carbons (Fsp3) is 0.308. The van der Waals surface area contributed by atoms with Crippen molar-refractivity contribution in [3.8, 4) is 0 Å². The van der Waals surface area contributed by atoms with Crippen molar-refractivity contribution in [2.75, 3.05) is 7.05 Å². The molecule has 0 spiro atoms. The zero-order valence-corrected chi connectivity index (χ0v) is 12.2. The molecule has 0 aliphatic rings. The van der Waals surface area contributed by atoms with E-state index >= 15 is 0 Å². The molecular formula is C13H18N4O2S. The second kappa shape index (κ2) is 6.17. The van der Waals surface area contributed by atoms with Crippen LogP contribution in [0.15, 0.2) is 41.6 Å². The summed E-state index contributed by atoms with van der Waals surface area (Å²) in [5.41, 5.74) is 0.918. The van der Waals surface area contributed by atoms with Crippen molar-refractivity contribution in [2.45, 2.75) is 24.4 Å². The number of rotatable bonds is 6. The average molecular weight is 294 g/mol. The van der Waals surface area contributed by atoms with E-state index in [2.05, 4.69) is 20.0 Å². The quantitative estimate of drug-likeness (QED) is 0.746. The average Bonchev–Trinajstić information content (AvgIpc) is 2.93. The highest BCUT2D eigenvalue weighted by Crippen LogP contribution is 2.15.